The van der Waals surface area contributed by atoms with Crippen molar-refractivity contribution in [2.75, 3.05) is 0 Å². The lowest BCUT2D eigenvalue weighted by molar-refractivity contribution is -0.697. The van der Waals surface area contributed by atoms with Crippen LogP contribution >= 0.6 is 0 Å². The highest BCUT2D eigenvalue weighted by molar-refractivity contribution is 4.83. The van der Waals surface area contributed by atoms with Crippen molar-refractivity contribution >= 4 is 0 Å². The molecule has 0 spiro atoms. The predicted octanol–water partition coefficient (Wildman–Crippen LogP) is -0.196. The first kappa shape index (κ1) is 13.4. The molecule has 0 aliphatic heterocycles. The van der Waals surface area contributed by atoms with Crippen molar-refractivity contribution in [2.24, 2.45) is 5.92 Å². The van der Waals surface area contributed by atoms with E-state index in [9.17, 15) is 0 Å². The third-order valence-electron chi connectivity index (χ3n) is 2.59. The standard InChI is InChI=1S/C12H20N.ClH/c1-3-12(2)8-7-11-13-9-5-4-6-10-13;/h4-6,9-10,12H,3,7-8,11H2,1-2H3;1H/q+1;/p-1. The van der Waals surface area contributed by atoms with Gasteiger partial charge in [0.15, 0.2) is 12.4 Å². The van der Waals surface area contributed by atoms with Gasteiger partial charge in [-0.1, -0.05) is 26.3 Å². The molecule has 14 heavy (non-hydrogen) atoms. The summed E-state index contributed by atoms with van der Waals surface area (Å²) in [6.07, 6.45) is 8.22. The van der Waals surface area contributed by atoms with Gasteiger partial charge in [0.25, 0.3) is 0 Å². The number of halogens is 1. The van der Waals surface area contributed by atoms with Gasteiger partial charge in [0, 0.05) is 18.6 Å². The summed E-state index contributed by atoms with van der Waals surface area (Å²) < 4.78 is 2.25. The molecule has 0 fully saturated rings. The number of aromatic nitrogens is 1. The monoisotopic (exact) mass is 213 g/mol. The first-order valence-electron chi connectivity index (χ1n) is 5.27. The zero-order valence-electron chi connectivity index (χ0n) is 9.12. The fourth-order valence-electron chi connectivity index (χ4n) is 1.41. The molecule has 0 aromatic carbocycles. The number of hydrogen-bond donors (Lipinski definition) is 0. The highest BCUT2D eigenvalue weighted by Crippen LogP contribution is 2.08. The van der Waals surface area contributed by atoms with Crippen LogP contribution in [0.3, 0.4) is 0 Å². The minimum atomic E-state index is 0. The fraction of sp³-hybridized carbons (Fsp3) is 0.583. The molecule has 1 aromatic rings. The van der Waals surface area contributed by atoms with Gasteiger partial charge in [-0.25, -0.2) is 4.57 Å². The molecule has 0 radical (unpaired) electrons. The summed E-state index contributed by atoms with van der Waals surface area (Å²) in [5.74, 6) is 0.879. The molecule has 2 heteroatoms. The van der Waals surface area contributed by atoms with Crippen molar-refractivity contribution in [3.63, 3.8) is 0 Å². The topological polar surface area (TPSA) is 3.88 Å². The molecule has 0 bridgehead atoms. The lowest BCUT2D eigenvalue weighted by Crippen LogP contribution is -3.00. The Kier molecular flexibility index (Phi) is 7.50. The smallest absolute Gasteiger partial charge is 0.168 e. The Balaban J connectivity index is 0.00000169. The number of aryl methyl sites for hydroxylation is 1. The molecular formula is C12H20ClN. The van der Waals surface area contributed by atoms with Crippen molar-refractivity contribution < 1.29 is 17.0 Å². The molecule has 1 aromatic heterocycles. The summed E-state index contributed by atoms with van der Waals surface area (Å²) in [6.45, 7) is 5.75. The van der Waals surface area contributed by atoms with Crippen molar-refractivity contribution in [3.8, 4) is 0 Å². The Morgan fingerprint density at radius 2 is 1.79 bits per heavy atom. The number of hydrogen-bond acceptors (Lipinski definition) is 0. The van der Waals surface area contributed by atoms with Crippen LogP contribution in [0, 0.1) is 5.92 Å². The van der Waals surface area contributed by atoms with E-state index < -0.39 is 0 Å². The van der Waals surface area contributed by atoms with Gasteiger partial charge in [0.05, 0.1) is 0 Å². The van der Waals surface area contributed by atoms with Gasteiger partial charge in [0.2, 0.25) is 0 Å². The average molecular weight is 214 g/mol. The highest BCUT2D eigenvalue weighted by atomic mass is 35.5. The van der Waals surface area contributed by atoms with E-state index in [4.69, 9.17) is 0 Å². The third kappa shape index (κ3) is 5.23. The summed E-state index contributed by atoms with van der Waals surface area (Å²) in [4.78, 5) is 0. The largest absolute Gasteiger partial charge is 1.00 e. The fourth-order valence-corrected chi connectivity index (χ4v) is 1.41. The predicted molar refractivity (Wildman–Crippen MR) is 55.3 cm³/mol. The van der Waals surface area contributed by atoms with Gasteiger partial charge in [-0.15, -0.1) is 0 Å². The van der Waals surface area contributed by atoms with Crippen molar-refractivity contribution in [1.82, 2.24) is 0 Å². The maximum atomic E-state index is 2.33. The molecule has 1 unspecified atom stereocenters. The molecular weight excluding hydrogens is 194 g/mol. The minimum Gasteiger partial charge on any atom is -1.00 e. The second-order valence-electron chi connectivity index (χ2n) is 3.77. The molecule has 0 amide bonds. The first-order chi connectivity index (χ1) is 6.33. The van der Waals surface area contributed by atoms with Gasteiger partial charge in [0.1, 0.15) is 6.54 Å². The summed E-state index contributed by atoms with van der Waals surface area (Å²) in [5.41, 5.74) is 0. The second-order valence-corrected chi connectivity index (χ2v) is 3.77. The third-order valence-corrected chi connectivity index (χ3v) is 2.59. The van der Waals surface area contributed by atoms with E-state index in [0.29, 0.717) is 0 Å². The molecule has 1 heterocycles. The van der Waals surface area contributed by atoms with E-state index in [-0.39, 0.29) is 12.4 Å². The summed E-state index contributed by atoms with van der Waals surface area (Å²) in [7, 11) is 0. The van der Waals surface area contributed by atoms with E-state index in [1.807, 2.05) is 0 Å². The normalized spacial score (nSPS) is 11.9. The quantitative estimate of drug-likeness (QED) is 0.597. The van der Waals surface area contributed by atoms with Crippen LogP contribution in [0.5, 0.6) is 0 Å². The number of rotatable bonds is 5. The minimum absolute atomic E-state index is 0. The average Bonchev–Trinajstić information content (AvgIpc) is 2.19. The van der Waals surface area contributed by atoms with Crippen molar-refractivity contribution in [3.05, 3.63) is 30.6 Å². The van der Waals surface area contributed by atoms with Crippen LogP contribution in [0.1, 0.15) is 33.1 Å². The van der Waals surface area contributed by atoms with Gasteiger partial charge < -0.3 is 12.4 Å². The molecule has 0 aliphatic rings. The van der Waals surface area contributed by atoms with E-state index >= 15 is 0 Å². The Morgan fingerprint density at radius 1 is 1.14 bits per heavy atom. The van der Waals surface area contributed by atoms with Gasteiger partial charge in [-0.05, 0) is 12.3 Å². The maximum Gasteiger partial charge on any atom is 0.168 e. The van der Waals surface area contributed by atoms with Crippen molar-refractivity contribution in [2.45, 2.75) is 39.7 Å². The molecule has 80 valence electrons. The Labute approximate surface area is 93.6 Å². The number of pyridine rings is 1. The highest BCUT2D eigenvalue weighted by Gasteiger charge is 2.01. The van der Waals surface area contributed by atoms with Crippen LogP contribution in [0.25, 0.3) is 0 Å². The van der Waals surface area contributed by atoms with Crippen LogP contribution < -0.4 is 17.0 Å². The SMILES string of the molecule is CCC(C)CCC[n+]1ccccc1.[Cl-]. The Hall–Kier alpha value is -0.560. The molecule has 0 N–H and O–H groups in total. The lowest BCUT2D eigenvalue weighted by Gasteiger charge is -2.05. The van der Waals surface area contributed by atoms with Gasteiger partial charge in [-0.2, -0.15) is 0 Å². The van der Waals surface area contributed by atoms with Crippen LogP contribution in [0.4, 0.5) is 0 Å². The molecule has 0 saturated carbocycles. The van der Waals surface area contributed by atoms with Gasteiger partial charge >= 0.3 is 0 Å². The van der Waals surface area contributed by atoms with Gasteiger partial charge in [-0.3, -0.25) is 0 Å². The Morgan fingerprint density at radius 3 is 2.36 bits per heavy atom. The van der Waals surface area contributed by atoms with E-state index in [0.717, 1.165) is 12.5 Å². The molecule has 0 saturated heterocycles. The first-order valence-corrected chi connectivity index (χ1v) is 5.27. The van der Waals surface area contributed by atoms with Crippen LogP contribution in [-0.2, 0) is 6.54 Å². The second kappa shape index (κ2) is 7.81. The van der Waals surface area contributed by atoms with E-state index in [1.54, 1.807) is 0 Å². The molecule has 1 atom stereocenters. The summed E-state index contributed by atoms with van der Waals surface area (Å²) in [5, 5.41) is 0. The van der Waals surface area contributed by atoms with E-state index in [2.05, 4.69) is 49.0 Å². The van der Waals surface area contributed by atoms with Crippen LogP contribution in [0.2, 0.25) is 0 Å². The van der Waals surface area contributed by atoms with E-state index in [1.165, 1.54) is 19.3 Å². The molecule has 1 rings (SSSR count). The summed E-state index contributed by atoms with van der Waals surface area (Å²) >= 11 is 0. The lowest BCUT2D eigenvalue weighted by atomic mass is 10.0. The number of nitrogens with zero attached hydrogens (tertiary/aromatic N) is 1. The summed E-state index contributed by atoms with van der Waals surface area (Å²) in [6, 6.07) is 6.23. The molecule has 1 nitrogen and oxygen atoms in total. The van der Waals surface area contributed by atoms with Crippen LogP contribution in [-0.4, -0.2) is 0 Å². The zero-order chi connectivity index (χ0) is 9.52. The van der Waals surface area contributed by atoms with Crippen molar-refractivity contribution in [1.29, 1.82) is 0 Å². The molecule has 0 aliphatic carbocycles. The maximum absolute atomic E-state index is 2.33. The van der Waals surface area contributed by atoms with Crippen LogP contribution in [0.15, 0.2) is 30.6 Å². The zero-order valence-corrected chi connectivity index (χ0v) is 9.87. The Bertz CT molecular complexity index is 223.